The standard InChI is InChI=1S/C4H5F2IO2/c5-4(6,1-2-7)3(8)9/h1-2H2,(H,8,9). The summed E-state index contributed by atoms with van der Waals surface area (Å²) in [5, 5.41) is 7.82. The van der Waals surface area contributed by atoms with Crippen molar-refractivity contribution in [1.82, 2.24) is 0 Å². The van der Waals surface area contributed by atoms with Gasteiger partial charge in [0.25, 0.3) is 0 Å². The second kappa shape index (κ2) is 3.28. The van der Waals surface area contributed by atoms with Gasteiger partial charge in [-0.1, -0.05) is 22.6 Å². The molecule has 0 rings (SSSR count). The van der Waals surface area contributed by atoms with E-state index in [9.17, 15) is 13.6 Å². The Labute approximate surface area is 64.4 Å². The minimum Gasteiger partial charge on any atom is -0.477 e. The van der Waals surface area contributed by atoms with E-state index in [1.54, 1.807) is 22.6 Å². The molecule has 0 aromatic carbocycles. The van der Waals surface area contributed by atoms with Crippen LogP contribution in [0.1, 0.15) is 6.42 Å². The van der Waals surface area contributed by atoms with Crippen LogP contribution in [0.4, 0.5) is 8.78 Å². The molecule has 0 aromatic heterocycles. The molecule has 0 heterocycles. The van der Waals surface area contributed by atoms with Crippen molar-refractivity contribution < 1.29 is 18.7 Å². The third-order valence-electron chi connectivity index (χ3n) is 0.721. The van der Waals surface area contributed by atoms with Crippen molar-refractivity contribution in [3.05, 3.63) is 0 Å². The number of hydrogen-bond acceptors (Lipinski definition) is 1. The van der Waals surface area contributed by atoms with Crippen molar-refractivity contribution in [2.45, 2.75) is 12.3 Å². The lowest BCUT2D eigenvalue weighted by Gasteiger charge is -2.06. The second-order valence-electron chi connectivity index (χ2n) is 1.45. The monoisotopic (exact) mass is 250 g/mol. The maximum Gasteiger partial charge on any atom is 0.374 e. The Morgan fingerprint density at radius 3 is 2.22 bits per heavy atom. The van der Waals surface area contributed by atoms with Crippen molar-refractivity contribution in [2.24, 2.45) is 0 Å². The minimum atomic E-state index is -3.54. The molecule has 0 aliphatic heterocycles. The average molecular weight is 250 g/mol. The van der Waals surface area contributed by atoms with Crippen LogP contribution in [0.15, 0.2) is 0 Å². The molecule has 0 aromatic rings. The van der Waals surface area contributed by atoms with E-state index < -0.39 is 18.3 Å². The number of carboxylic acids is 1. The topological polar surface area (TPSA) is 37.3 Å². The molecule has 0 fully saturated rings. The molecule has 54 valence electrons. The van der Waals surface area contributed by atoms with Gasteiger partial charge in [0, 0.05) is 10.8 Å². The average Bonchev–Trinajstić information content (AvgIpc) is 1.65. The maximum atomic E-state index is 11.9. The van der Waals surface area contributed by atoms with Crippen LogP contribution < -0.4 is 0 Å². The summed E-state index contributed by atoms with van der Waals surface area (Å²) in [7, 11) is 0. The van der Waals surface area contributed by atoms with Crippen LogP contribution in [0.2, 0.25) is 0 Å². The summed E-state index contributed by atoms with van der Waals surface area (Å²) in [6.45, 7) is 0. The third kappa shape index (κ3) is 2.92. The molecule has 0 atom stereocenters. The smallest absolute Gasteiger partial charge is 0.374 e. The SMILES string of the molecule is O=C(O)C(F)(F)CCI. The molecule has 0 radical (unpaired) electrons. The Hall–Kier alpha value is 0.0600. The molecule has 0 amide bonds. The van der Waals surface area contributed by atoms with Crippen molar-refractivity contribution >= 4 is 28.6 Å². The minimum absolute atomic E-state index is 0.150. The van der Waals surface area contributed by atoms with Crippen LogP contribution in [0, 0.1) is 0 Å². The van der Waals surface area contributed by atoms with Gasteiger partial charge < -0.3 is 5.11 Å². The Balaban J connectivity index is 3.85. The molecule has 5 heteroatoms. The van der Waals surface area contributed by atoms with Gasteiger partial charge in [0.05, 0.1) is 0 Å². The van der Waals surface area contributed by atoms with Crippen LogP contribution in [-0.4, -0.2) is 21.4 Å². The van der Waals surface area contributed by atoms with Crippen molar-refractivity contribution in [3.63, 3.8) is 0 Å². The molecule has 0 bridgehead atoms. The van der Waals surface area contributed by atoms with Crippen molar-refractivity contribution in [2.75, 3.05) is 4.43 Å². The largest absolute Gasteiger partial charge is 0.477 e. The van der Waals surface area contributed by atoms with E-state index in [4.69, 9.17) is 5.11 Å². The first-order chi connectivity index (χ1) is 4.00. The molecule has 0 saturated carbocycles. The summed E-state index contributed by atoms with van der Waals surface area (Å²) >= 11 is 1.70. The predicted molar refractivity (Wildman–Crippen MR) is 36.1 cm³/mol. The summed E-state index contributed by atoms with van der Waals surface area (Å²) in [6, 6.07) is 0. The highest BCUT2D eigenvalue weighted by Gasteiger charge is 2.37. The molecule has 1 N–H and O–H groups in total. The lowest BCUT2D eigenvalue weighted by atomic mass is 10.3. The highest BCUT2D eigenvalue weighted by molar-refractivity contribution is 14.1. The second-order valence-corrected chi connectivity index (χ2v) is 2.53. The normalized spacial score (nSPS) is 11.4. The number of hydrogen-bond donors (Lipinski definition) is 1. The number of alkyl halides is 3. The number of aliphatic carboxylic acids is 1. The maximum absolute atomic E-state index is 11.9. The van der Waals surface area contributed by atoms with E-state index in [0.717, 1.165) is 0 Å². The quantitative estimate of drug-likeness (QED) is 0.609. The molecule has 0 unspecified atom stereocenters. The van der Waals surface area contributed by atoms with Crippen molar-refractivity contribution in [3.8, 4) is 0 Å². The first kappa shape index (κ1) is 9.06. The van der Waals surface area contributed by atoms with Crippen LogP contribution in [0.5, 0.6) is 0 Å². The zero-order valence-corrected chi connectivity index (χ0v) is 6.56. The summed E-state index contributed by atoms with van der Waals surface area (Å²) in [5.41, 5.74) is 0. The van der Waals surface area contributed by atoms with E-state index in [0.29, 0.717) is 0 Å². The Morgan fingerprint density at radius 1 is 1.67 bits per heavy atom. The van der Waals surface area contributed by atoms with Gasteiger partial charge in [-0.3, -0.25) is 0 Å². The molecule has 0 aliphatic carbocycles. The van der Waals surface area contributed by atoms with Gasteiger partial charge in [0.1, 0.15) is 0 Å². The van der Waals surface area contributed by atoms with Gasteiger partial charge in [-0.2, -0.15) is 8.78 Å². The highest BCUT2D eigenvalue weighted by atomic mass is 127. The van der Waals surface area contributed by atoms with E-state index in [1.807, 2.05) is 0 Å². The van der Waals surface area contributed by atoms with Gasteiger partial charge in [-0.25, -0.2) is 4.79 Å². The van der Waals surface area contributed by atoms with Crippen LogP contribution >= 0.6 is 22.6 Å². The van der Waals surface area contributed by atoms with E-state index in [-0.39, 0.29) is 4.43 Å². The number of halogens is 3. The Kier molecular flexibility index (Phi) is 3.31. The molecule has 0 aliphatic rings. The lowest BCUT2D eigenvalue weighted by molar-refractivity contribution is -0.164. The molecule has 9 heavy (non-hydrogen) atoms. The van der Waals surface area contributed by atoms with Crippen LogP contribution in [0.25, 0.3) is 0 Å². The van der Waals surface area contributed by atoms with Crippen LogP contribution in [0.3, 0.4) is 0 Å². The fourth-order valence-corrected chi connectivity index (χ4v) is 0.903. The fraction of sp³-hybridized carbons (Fsp3) is 0.750. The number of carbonyl (C=O) groups is 1. The van der Waals surface area contributed by atoms with Gasteiger partial charge in [0.2, 0.25) is 0 Å². The lowest BCUT2D eigenvalue weighted by Crippen LogP contribution is -2.28. The Morgan fingerprint density at radius 2 is 2.11 bits per heavy atom. The van der Waals surface area contributed by atoms with Crippen molar-refractivity contribution in [1.29, 1.82) is 0 Å². The fourth-order valence-electron chi connectivity index (χ4n) is 0.226. The van der Waals surface area contributed by atoms with Gasteiger partial charge in [0.15, 0.2) is 0 Å². The summed E-state index contributed by atoms with van der Waals surface area (Å²) in [6.07, 6.45) is -0.594. The molecule has 0 spiro atoms. The zero-order valence-electron chi connectivity index (χ0n) is 4.40. The number of rotatable bonds is 3. The molecule has 2 nitrogen and oxygen atoms in total. The predicted octanol–water partition coefficient (Wildman–Crippen LogP) is 1.53. The summed E-state index contributed by atoms with van der Waals surface area (Å²) in [5.74, 6) is -5.58. The van der Waals surface area contributed by atoms with Gasteiger partial charge in [-0.15, -0.1) is 0 Å². The molecular formula is C4H5F2IO2. The summed E-state index contributed by atoms with van der Waals surface area (Å²) < 4.78 is 24.0. The third-order valence-corrected chi connectivity index (χ3v) is 1.26. The van der Waals surface area contributed by atoms with Crippen LogP contribution in [-0.2, 0) is 4.79 Å². The van der Waals surface area contributed by atoms with Gasteiger partial charge in [-0.05, 0) is 0 Å². The van der Waals surface area contributed by atoms with E-state index in [2.05, 4.69) is 0 Å². The first-order valence-electron chi connectivity index (χ1n) is 2.18. The zero-order chi connectivity index (χ0) is 7.49. The summed E-state index contributed by atoms with van der Waals surface area (Å²) in [4.78, 5) is 9.66. The molecule has 0 saturated heterocycles. The van der Waals surface area contributed by atoms with E-state index in [1.165, 1.54) is 0 Å². The van der Waals surface area contributed by atoms with Gasteiger partial charge >= 0.3 is 11.9 Å². The first-order valence-corrected chi connectivity index (χ1v) is 3.70. The van der Waals surface area contributed by atoms with E-state index >= 15 is 0 Å². The Bertz CT molecular complexity index is 115. The highest BCUT2D eigenvalue weighted by Crippen LogP contribution is 2.18. The number of carboxylic acid groups (broad SMARTS) is 1. The molecular weight excluding hydrogens is 245 g/mol.